The Morgan fingerprint density at radius 2 is 2.07 bits per heavy atom. The highest BCUT2D eigenvalue weighted by Crippen LogP contribution is 2.46. The Balaban J connectivity index is 1.18. The highest BCUT2D eigenvalue weighted by Gasteiger charge is 2.34. The molecule has 29 heavy (non-hydrogen) atoms. The minimum Gasteiger partial charge on any atom is -0.481 e. The second kappa shape index (κ2) is 9.60. The summed E-state index contributed by atoms with van der Waals surface area (Å²) in [4.78, 5) is 9.24. The van der Waals surface area contributed by atoms with Crippen LogP contribution >= 0.6 is 0 Å². The van der Waals surface area contributed by atoms with Crippen LogP contribution in [0.5, 0.6) is 5.88 Å². The van der Waals surface area contributed by atoms with E-state index in [2.05, 4.69) is 35.4 Å². The zero-order valence-electron chi connectivity index (χ0n) is 18.0. The molecule has 0 bridgehead atoms. The molecular weight excluding hydrogens is 358 g/mol. The molecular formula is C25H35N3O. The van der Waals surface area contributed by atoms with Gasteiger partial charge in [0.1, 0.15) is 5.82 Å². The molecule has 2 aliphatic rings. The largest absolute Gasteiger partial charge is 0.481 e. The lowest BCUT2D eigenvalue weighted by molar-refractivity contribution is 0.145. The fourth-order valence-corrected chi connectivity index (χ4v) is 5.17. The van der Waals surface area contributed by atoms with Gasteiger partial charge in [0.25, 0.3) is 0 Å². The first-order valence-corrected chi connectivity index (χ1v) is 11.5. The first-order chi connectivity index (χ1) is 14.3. The number of unbranched alkanes of at least 4 members (excludes halogenated alkanes) is 1. The summed E-state index contributed by atoms with van der Waals surface area (Å²) in [5, 5.41) is 3.45. The van der Waals surface area contributed by atoms with Gasteiger partial charge < -0.3 is 10.1 Å². The predicted octanol–water partition coefficient (Wildman–Crippen LogP) is 5.78. The third kappa shape index (κ3) is 4.91. The Bertz CT molecular complexity index is 783. The molecule has 1 aliphatic carbocycles. The van der Waals surface area contributed by atoms with E-state index in [0.717, 1.165) is 30.6 Å². The molecule has 2 aromatic heterocycles. The molecule has 1 aliphatic heterocycles. The molecule has 1 N–H and O–H groups in total. The molecule has 0 spiro atoms. The van der Waals surface area contributed by atoms with E-state index in [-0.39, 0.29) is 0 Å². The van der Waals surface area contributed by atoms with Crippen molar-refractivity contribution in [3.63, 3.8) is 0 Å². The van der Waals surface area contributed by atoms with Gasteiger partial charge in [-0.15, -0.1) is 0 Å². The van der Waals surface area contributed by atoms with E-state index >= 15 is 0 Å². The van der Waals surface area contributed by atoms with Crippen LogP contribution in [0.25, 0.3) is 0 Å². The van der Waals surface area contributed by atoms with E-state index in [1.807, 2.05) is 12.3 Å². The molecule has 1 atom stereocenters. The van der Waals surface area contributed by atoms with Gasteiger partial charge in [0.05, 0.1) is 7.11 Å². The summed E-state index contributed by atoms with van der Waals surface area (Å²) in [5.41, 5.74) is 4.02. The van der Waals surface area contributed by atoms with Crippen LogP contribution in [-0.4, -0.2) is 23.6 Å². The molecule has 0 radical (unpaired) electrons. The summed E-state index contributed by atoms with van der Waals surface area (Å²) in [6.07, 6.45) is 13.4. The molecule has 1 fully saturated rings. The molecule has 1 unspecified atom stereocenters. The third-order valence-electron chi connectivity index (χ3n) is 6.92. The predicted molar refractivity (Wildman–Crippen MR) is 119 cm³/mol. The highest BCUT2D eigenvalue weighted by molar-refractivity contribution is 5.47. The van der Waals surface area contributed by atoms with Gasteiger partial charge in [0, 0.05) is 24.5 Å². The number of hydrogen-bond acceptors (Lipinski definition) is 4. The summed E-state index contributed by atoms with van der Waals surface area (Å²) in [5.74, 6) is 4.23. The molecule has 3 heterocycles. The van der Waals surface area contributed by atoms with E-state index in [1.165, 1.54) is 68.2 Å². The Labute approximate surface area is 175 Å². The van der Waals surface area contributed by atoms with Gasteiger partial charge in [0.15, 0.2) is 0 Å². The van der Waals surface area contributed by atoms with Crippen LogP contribution in [0.3, 0.4) is 0 Å². The summed E-state index contributed by atoms with van der Waals surface area (Å²) in [6.45, 7) is 3.38. The highest BCUT2D eigenvalue weighted by atomic mass is 16.5. The Hall–Kier alpha value is -2.10. The summed E-state index contributed by atoms with van der Waals surface area (Å²) in [6, 6.07) is 8.71. The van der Waals surface area contributed by atoms with Crippen LogP contribution in [0.4, 0.5) is 5.82 Å². The van der Waals surface area contributed by atoms with Crippen molar-refractivity contribution in [2.24, 2.45) is 11.8 Å². The number of rotatable bonds is 9. The maximum Gasteiger partial charge on any atom is 0.212 e. The van der Waals surface area contributed by atoms with Gasteiger partial charge in [-0.1, -0.05) is 31.9 Å². The third-order valence-corrected chi connectivity index (χ3v) is 6.92. The fraction of sp³-hybridized carbons (Fsp3) is 0.600. The lowest BCUT2D eigenvalue weighted by Gasteiger charge is -2.40. The topological polar surface area (TPSA) is 47.0 Å². The molecule has 0 aromatic carbocycles. The molecule has 2 aromatic rings. The molecule has 0 saturated heterocycles. The van der Waals surface area contributed by atoms with E-state index < -0.39 is 0 Å². The van der Waals surface area contributed by atoms with Crippen molar-refractivity contribution >= 4 is 5.82 Å². The number of fused-ring (bicyclic) bond motifs is 1. The Morgan fingerprint density at radius 3 is 2.83 bits per heavy atom. The maximum atomic E-state index is 5.20. The molecule has 0 amide bonds. The minimum atomic E-state index is 0.650. The van der Waals surface area contributed by atoms with Crippen molar-refractivity contribution in [3.8, 4) is 5.88 Å². The van der Waals surface area contributed by atoms with Crippen molar-refractivity contribution in [2.75, 3.05) is 19.0 Å². The average Bonchev–Trinajstić information content (AvgIpc) is 2.74. The lowest BCUT2D eigenvalue weighted by atomic mass is 9.65. The van der Waals surface area contributed by atoms with Crippen LogP contribution in [0.15, 0.2) is 30.5 Å². The van der Waals surface area contributed by atoms with Crippen molar-refractivity contribution in [2.45, 2.75) is 70.6 Å². The zero-order valence-corrected chi connectivity index (χ0v) is 18.0. The number of anilines is 1. The number of aryl methyl sites for hydroxylation is 2. The smallest absolute Gasteiger partial charge is 0.212 e. The summed E-state index contributed by atoms with van der Waals surface area (Å²) in [7, 11) is 1.67. The minimum absolute atomic E-state index is 0.650. The zero-order chi connectivity index (χ0) is 20.1. The van der Waals surface area contributed by atoms with E-state index in [9.17, 15) is 0 Å². The number of ether oxygens (including phenoxy) is 1. The van der Waals surface area contributed by atoms with E-state index in [4.69, 9.17) is 9.72 Å². The Kier molecular flexibility index (Phi) is 6.68. The lowest BCUT2D eigenvalue weighted by Crippen LogP contribution is -2.29. The molecule has 4 heteroatoms. The number of nitrogens with one attached hydrogen (secondary N) is 1. The fourth-order valence-electron chi connectivity index (χ4n) is 5.17. The van der Waals surface area contributed by atoms with Gasteiger partial charge in [0.2, 0.25) is 5.88 Å². The van der Waals surface area contributed by atoms with Crippen LogP contribution in [0, 0.1) is 11.8 Å². The number of aromatic nitrogens is 2. The van der Waals surface area contributed by atoms with Crippen molar-refractivity contribution < 1.29 is 4.74 Å². The molecule has 156 valence electrons. The van der Waals surface area contributed by atoms with Crippen molar-refractivity contribution in [3.05, 3.63) is 47.3 Å². The quantitative estimate of drug-likeness (QED) is 0.549. The van der Waals surface area contributed by atoms with Gasteiger partial charge in [-0.05, 0) is 79.9 Å². The number of pyridine rings is 2. The van der Waals surface area contributed by atoms with Crippen LogP contribution < -0.4 is 10.1 Å². The number of hydrogen-bond donors (Lipinski definition) is 1. The number of nitrogens with zero attached hydrogens (tertiary/aromatic N) is 2. The SMILES string of the molecule is CCC(c1ccc(OC)nc1)C1CC(CCCCc2ccc3c(n2)NCCC3)C1. The van der Waals surface area contributed by atoms with E-state index in [0.29, 0.717) is 11.8 Å². The second-order valence-electron chi connectivity index (χ2n) is 8.83. The van der Waals surface area contributed by atoms with Gasteiger partial charge in [-0.2, -0.15) is 0 Å². The molecule has 1 saturated carbocycles. The first-order valence-electron chi connectivity index (χ1n) is 11.5. The second-order valence-corrected chi connectivity index (χ2v) is 8.83. The van der Waals surface area contributed by atoms with Crippen molar-refractivity contribution in [1.82, 2.24) is 9.97 Å². The van der Waals surface area contributed by atoms with Crippen LogP contribution in [-0.2, 0) is 12.8 Å². The van der Waals surface area contributed by atoms with Crippen molar-refractivity contribution in [1.29, 1.82) is 0 Å². The summed E-state index contributed by atoms with van der Waals surface area (Å²) >= 11 is 0. The van der Waals surface area contributed by atoms with E-state index in [1.54, 1.807) is 7.11 Å². The van der Waals surface area contributed by atoms with Gasteiger partial charge in [-0.3, -0.25) is 0 Å². The number of methoxy groups -OCH3 is 1. The Morgan fingerprint density at radius 1 is 1.17 bits per heavy atom. The van der Waals surface area contributed by atoms with Crippen LogP contribution in [0.2, 0.25) is 0 Å². The van der Waals surface area contributed by atoms with Gasteiger partial charge in [-0.25, -0.2) is 9.97 Å². The molecule has 4 rings (SSSR count). The maximum absolute atomic E-state index is 5.20. The van der Waals surface area contributed by atoms with Gasteiger partial charge >= 0.3 is 0 Å². The summed E-state index contributed by atoms with van der Waals surface area (Å²) < 4.78 is 5.20. The van der Waals surface area contributed by atoms with Crippen LogP contribution in [0.1, 0.15) is 74.6 Å². The standard InChI is InChI=1S/C25H35N3O/c1-3-23(20-11-13-24(29-2)27-17-20)21-15-18(16-21)7-4-5-9-22-12-10-19-8-6-14-26-25(19)28-22/h10-13,17-18,21,23H,3-9,14-16H2,1-2H3,(H,26,28). The monoisotopic (exact) mass is 393 g/mol. The average molecular weight is 394 g/mol. The normalized spacial score (nSPS) is 21.6. The first kappa shape index (κ1) is 20.2. The molecule has 4 nitrogen and oxygen atoms in total.